The summed E-state index contributed by atoms with van der Waals surface area (Å²) in [5, 5.41) is 1.05. The number of nitrogen functional groups attached to an aromatic ring is 1. The largest absolute Gasteiger partial charge is 0.454 e. The summed E-state index contributed by atoms with van der Waals surface area (Å²) in [5.41, 5.74) is 9.68. The van der Waals surface area contributed by atoms with Crippen molar-refractivity contribution in [3.05, 3.63) is 54.2 Å². The lowest BCUT2D eigenvalue weighted by Crippen LogP contribution is -1.93. The van der Waals surface area contributed by atoms with Gasteiger partial charge in [-0.2, -0.15) is 0 Å². The van der Waals surface area contributed by atoms with Gasteiger partial charge >= 0.3 is 0 Å². The highest BCUT2D eigenvalue weighted by Gasteiger charge is 2.16. The molecule has 4 rings (SSSR count). The third-order valence-corrected chi connectivity index (χ3v) is 3.54. The normalized spacial score (nSPS) is 11.4. The predicted molar refractivity (Wildman–Crippen MR) is 79.5 cm³/mol. The number of furan rings is 1. The standard InChI is InChI=1S/C16H13N3O/c1-10-5-4-8-19-15(17)14(18-16(10)19)13-9-11-6-2-3-7-12(11)20-13/h2-9H,17H2,1H3. The smallest absolute Gasteiger partial charge is 0.157 e. The molecule has 3 heterocycles. The van der Waals surface area contributed by atoms with Crippen LogP contribution in [0.4, 0.5) is 5.82 Å². The van der Waals surface area contributed by atoms with Crippen LogP contribution < -0.4 is 5.73 Å². The van der Waals surface area contributed by atoms with Crippen molar-refractivity contribution in [2.24, 2.45) is 0 Å². The van der Waals surface area contributed by atoms with Crippen molar-refractivity contribution in [1.29, 1.82) is 0 Å². The van der Waals surface area contributed by atoms with Crippen molar-refractivity contribution in [1.82, 2.24) is 9.38 Å². The number of hydrogen-bond donors (Lipinski definition) is 1. The van der Waals surface area contributed by atoms with E-state index in [1.807, 2.05) is 60.0 Å². The Balaban J connectivity index is 2.02. The van der Waals surface area contributed by atoms with Gasteiger partial charge in [0.25, 0.3) is 0 Å². The number of imidazole rings is 1. The fraction of sp³-hybridized carbons (Fsp3) is 0.0625. The van der Waals surface area contributed by atoms with Crippen molar-refractivity contribution in [2.45, 2.75) is 6.92 Å². The fourth-order valence-electron chi connectivity index (χ4n) is 2.50. The first-order chi connectivity index (χ1) is 9.74. The zero-order valence-electron chi connectivity index (χ0n) is 11.0. The van der Waals surface area contributed by atoms with E-state index >= 15 is 0 Å². The number of nitrogens with zero attached hydrogens (tertiary/aromatic N) is 2. The Morgan fingerprint density at radius 3 is 2.80 bits per heavy atom. The van der Waals surface area contributed by atoms with E-state index in [0.29, 0.717) is 17.3 Å². The number of anilines is 1. The van der Waals surface area contributed by atoms with Crippen LogP contribution in [-0.4, -0.2) is 9.38 Å². The molecule has 4 aromatic rings. The van der Waals surface area contributed by atoms with Gasteiger partial charge < -0.3 is 10.2 Å². The number of nitrogens with two attached hydrogens (primary N) is 1. The second-order valence-corrected chi connectivity index (χ2v) is 4.88. The molecule has 0 radical (unpaired) electrons. The summed E-state index contributed by atoms with van der Waals surface area (Å²) in [7, 11) is 0. The Morgan fingerprint density at radius 2 is 2.00 bits per heavy atom. The molecule has 0 aliphatic carbocycles. The SMILES string of the molecule is Cc1cccn2c(N)c(-c3cc4ccccc4o3)nc12. The van der Waals surface area contributed by atoms with E-state index in [9.17, 15) is 0 Å². The number of rotatable bonds is 1. The molecule has 0 fully saturated rings. The van der Waals surface area contributed by atoms with Crippen LogP contribution >= 0.6 is 0 Å². The van der Waals surface area contributed by atoms with E-state index in [1.54, 1.807) is 0 Å². The average molecular weight is 263 g/mol. The first-order valence-corrected chi connectivity index (χ1v) is 6.46. The van der Waals surface area contributed by atoms with E-state index in [4.69, 9.17) is 10.2 Å². The van der Waals surface area contributed by atoms with Gasteiger partial charge in [0.2, 0.25) is 0 Å². The Labute approximate surface area is 115 Å². The third kappa shape index (κ3) is 1.45. The van der Waals surface area contributed by atoms with E-state index < -0.39 is 0 Å². The van der Waals surface area contributed by atoms with Crippen molar-refractivity contribution in [2.75, 3.05) is 5.73 Å². The van der Waals surface area contributed by atoms with E-state index in [0.717, 1.165) is 22.2 Å². The van der Waals surface area contributed by atoms with Gasteiger partial charge in [-0.25, -0.2) is 4.98 Å². The molecule has 2 N–H and O–H groups in total. The Bertz CT molecular complexity index is 900. The highest BCUT2D eigenvalue weighted by molar-refractivity contribution is 5.85. The minimum atomic E-state index is 0.600. The molecule has 3 aromatic heterocycles. The van der Waals surface area contributed by atoms with Gasteiger partial charge in [0, 0.05) is 11.6 Å². The quantitative estimate of drug-likeness (QED) is 0.570. The highest BCUT2D eigenvalue weighted by Crippen LogP contribution is 2.31. The zero-order chi connectivity index (χ0) is 13.7. The van der Waals surface area contributed by atoms with Crippen LogP contribution in [0.5, 0.6) is 0 Å². The van der Waals surface area contributed by atoms with Gasteiger partial charge in [0.05, 0.1) is 0 Å². The van der Waals surface area contributed by atoms with E-state index in [2.05, 4.69) is 4.98 Å². The molecule has 0 aliphatic rings. The number of benzene rings is 1. The maximum atomic E-state index is 6.20. The van der Waals surface area contributed by atoms with Crippen LogP contribution in [0.2, 0.25) is 0 Å². The van der Waals surface area contributed by atoms with E-state index in [-0.39, 0.29) is 0 Å². The Hall–Kier alpha value is -2.75. The Morgan fingerprint density at radius 1 is 1.15 bits per heavy atom. The lowest BCUT2D eigenvalue weighted by molar-refractivity contribution is 0.629. The molecule has 0 spiro atoms. The number of fused-ring (bicyclic) bond motifs is 2. The lowest BCUT2D eigenvalue weighted by Gasteiger charge is -1.97. The van der Waals surface area contributed by atoms with Gasteiger partial charge in [-0.3, -0.25) is 4.40 Å². The average Bonchev–Trinajstić information content (AvgIpc) is 3.01. The Kier molecular flexibility index (Phi) is 2.15. The fourth-order valence-corrected chi connectivity index (χ4v) is 2.50. The summed E-state index contributed by atoms with van der Waals surface area (Å²) < 4.78 is 7.74. The van der Waals surface area contributed by atoms with Crippen molar-refractivity contribution < 1.29 is 4.42 Å². The molecule has 0 aliphatic heterocycles. The zero-order valence-corrected chi connectivity index (χ0v) is 11.0. The van der Waals surface area contributed by atoms with Crippen LogP contribution in [0.15, 0.2) is 53.1 Å². The molecule has 0 saturated heterocycles. The second kappa shape index (κ2) is 3.87. The molecule has 98 valence electrons. The topological polar surface area (TPSA) is 56.5 Å². The number of pyridine rings is 1. The van der Waals surface area contributed by atoms with Crippen LogP contribution in [0, 0.1) is 6.92 Å². The van der Waals surface area contributed by atoms with Crippen LogP contribution in [0.25, 0.3) is 28.1 Å². The molecule has 4 heteroatoms. The van der Waals surface area contributed by atoms with Crippen LogP contribution in [-0.2, 0) is 0 Å². The molecule has 0 saturated carbocycles. The molecule has 1 aromatic carbocycles. The molecule has 20 heavy (non-hydrogen) atoms. The van der Waals surface area contributed by atoms with Crippen molar-refractivity contribution in [3.8, 4) is 11.5 Å². The molecular formula is C16H13N3O. The minimum absolute atomic E-state index is 0.600. The van der Waals surface area contributed by atoms with Gasteiger partial charge in [-0.05, 0) is 30.7 Å². The van der Waals surface area contributed by atoms with Gasteiger partial charge in [0.15, 0.2) is 5.76 Å². The van der Waals surface area contributed by atoms with Crippen molar-refractivity contribution in [3.63, 3.8) is 0 Å². The van der Waals surface area contributed by atoms with Gasteiger partial charge in [-0.1, -0.05) is 24.3 Å². The summed E-state index contributed by atoms with van der Waals surface area (Å²) in [5.74, 6) is 1.30. The summed E-state index contributed by atoms with van der Waals surface area (Å²) in [6, 6.07) is 13.8. The number of hydrogen-bond acceptors (Lipinski definition) is 3. The first-order valence-electron chi connectivity index (χ1n) is 6.46. The maximum Gasteiger partial charge on any atom is 0.157 e. The molecule has 0 amide bonds. The van der Waals surface area contributed by atoms with Crippen molar-refractivity contribution >= 4 is 22.4 Å². The van der Waals surface area contributed by atoms with Crippen LogP contribution in [0.1, 0.15) is 5.56 Å². The third-order valence-electron chi connectivity index (χ3n) is 3.54. The summed E-state index contributed by atoms with van der Waals surface area (Å²) in [6.07, 6.45) is 1.91. The summed E-state index contributed by atoms with van der Waals surface area (Å²) >= 11 is 0. The molecule has 0 bridgehead atoms. The number of aromatic nitrogens is 2. The van der Waals surface area contributed by atoms with Gasteiger partial charge in [-0.15, -0.1) is 0 Å². The summed E-state index contributed by atoms with van der Waals surface area (Å²) in [6.45, 7) is 2.02. The van der Waals surface area contributed by atoms with Gasteiger partial charge in [0.1, 0.15) is 22.7 Å². The maximum absolute atomic E-state index is 6.20. The highest BCUT2D eigenvalue weighted by atomic mass is 16.3. The lowest BCUT2D eigenvalue weighted by atomic mass is 10.2. The number of aryl methyl sites for hydroxylation is 1. The first kappa shape index (κ1) is 11.1. The molecule has 0 atom stereocenters. The molecule has 0 unspecified atom stereocenters. The van der Waals surface area contributed by atoms with E-state index in [1.165, 1.54) is 0 Å². The summed E-state index contributed by atoms with van der Waals surface area (Å²) in [4.78, 5) is 4.62. The monoisotopic (exact) mass is 263 g/mol. The predicted octanol–water partition coefficient (Wildman–Crippen LogP) is 3.64. The number of para-hydroxylation sites is 1. The minimum Gasteiger partial charge on any atom is -0.454 e. The molecular weight excluding hydrogens is 250 g/mol. The second-order valence-electron chi connectivity index (χ2n) is 4.88. The van der Waals surface area contributed by atoms with Crippen LogP contribution in [0.3, 0.4) is 0 Å². The molecule has 4 nitrogen and oxygen atoms in total.